The van der Waals surface area contributed by atoms with Crippen molar-refractivity contribution < 1.29 is 14.3 Å². The molecule has 0 aliphatic rings. The van der Waals surface area contributed by atoms with E-state index in [4.69, 9.17) is 9.47 Å². The Morgan fingerprint density at radius 3 is 2.77 bits per heavy atom. The van der Waals surface area contributed by atoms with Crippen molar-refractivity contribution in [2.75, 3.05) is 19.0 Å². The van der Waals surface area contributed by atoms with Gasteiger partial charge in [-0.25, -0.2) is 0 Å². The molecule has 0 radical (unpaired) electrons. The van der Waals surface area contributed by atoms with Crippen LogP contribution >= 0.6 is 0 Å². The van der Waals surface area contributed by atoms with Crippen molar-refractivity contribution in [2.45, 2.75) is 6.92 Å². The van der Waals surface area contributed by atoms with Crippen molar-refractivity contribution in [1.29, 1.82) is 0 Å². The first-order valence-electron chi connectivity index (χ1n) is 7.08. The summed E-state index contributed by atoms with van der Waals surface area (Å²) in [4.78, 5) is 12.0. The molecule has 0 aliphatic carbocycles. The highest BCUT2D eigenvalue weighted by Gasteiger charge is 2.04. The second kappa shape index (κ2) is 7.88. The minimum Gasteiger partial charge on any atom is -0.497 e. The molecule has 22 heavy (non-hydrogen) atoms. The predicted octanol–water partition coefficient (Wildman–Crippen LogP) is 3.75. The smallest absolute Gasteiger partial charge is 0.248 e. The number of nitrogens with one attached hydrogen (secondary N) is 1. The lowest BCUT2D eigenvalue weighted by atomic mass is 10.2. The summed E-state index contributed by atoms with van der Waals surface area (Å²) in [5.41, 5.74) is 1.55. The molecule has 2 rings (SSSR count). The fourth-order valence-electron chi connectivity index (χ4n) is 1.94. The Hall–Kier alpha value is -2.75. The van der Waals surface area contributed by atoms with Crippen LogP contribution in [0.4, 0.5) is 5.69 Å². The van der Waals surface area contributed by atoms with E-state index in [1.165, 1.54) is 6.08 Å². The lowest BCUT2D eigenvalue weighted by Crippen LogP contribution is -2.09. The van der Waals surface area contributed by atoms with Crippen LogP contribution in [0.1, 0.15) is 12.5 Å². The molecule has 0 aromatic heterocycles. The monoisotopic (exact) mass is 297 g/mol. The Kier molecular flexibility index (Phi) is 5.60. The third-order valence-electron chi connectivity index (χ3n) is 2.97. The average Bonchev–Trinajstić information content (AvgIpc) is 2.55. The van der Waals surface area contributed by atoms with Gasteiger partial charge < -0.3 is 14.8 Å². The van der Waals surface area contributed by atoms with E-state index in [-0.39, 0.29) is 5.91 Å². The number of hydrogen-bond acceptors (Lipinski definition) is 3. The summed E-state index contributed by atoms with van der Waals surface area (Å²) in [5, 5.41) is 2.81. The molecular weight excluding hydrogens is 278 g/mol. The molecule has 4 heteroatoms. The molecule has 0 aliphatic heterocycles. The summed E-state index contributed by atoms with van der Waals surface area (Å²) in [6, 6.07) is 14.8. The summed E-state index contributed by atoms with van der Waals surface area (Å²) in [5.74, 6) is 1.20. The van der Waals surface area contributed by atoms with Gasteiger partial charge in [-0.2, -0.15) is 0 Å². The van der Waals surface area contributed by atoms with E-state index < -0.39 is 0 Å². The summed E-state index contributed by atoms with van der Waals surface area (Å²) in [6.45, 7) is 2.45. The molecule has 2 aromatic rings. The first-order chi connectivity index (χ1) is 10.7. The van der Waals surface area contributed by atoms with Gasteiger partial charge in [0.2, 0.25) is 5.91 Å². The number of hydrogen-bond donors (Lipinski definition) is 1. The van der Waals surface area contributed by atoms with Gasteiger partial charge in [0.25, 0.3) is 0 Å². The van der Waals surface area contributed by atoms with Gasteiger partial charge in [0.15, 0.2) is 0 Å². The summed E-state index contributed by atoms with van der Waals surface area (Å²) >= 11 is 0. The molecule has 1 amide bonds. The molecule has 4 nitrogen and oxygen atoms in total. The highest BCUT2D eigenvalue weighted by Crippen LogP contribution is 2.23. The number of carbonyl (C=O) groups excluding carboxylic acids is 1. The van der Waals surface area contributed by atoms with E-state index in [2.05, 4.69) is 5.32 Å². The van der Waals surface area contributed by atoms with Gasteiger partial charge in [-0.1, -0.05) is 24.3 Å². The molecule has 0 fully saturated rings. The van der Waals surface area contributed by atoms with E-state index in [1.807, 2.05) is 55.5 Å². The lowest BCUT2D eigenvalue weighted by molar-refractivity contribution is -0.111. The molecule has 0 bridgehead atoms. The van der Waals surface area contributed by atoms with Gasteiger partial charge in [-0.05, 0) is 42.8 Å². The van der Waals surface area contributed by atoms with Crippen molar-refractivity contribution in [1.82, 2.24) is 0 Å². The number of anilines is 1. The van der Waals surface area contributed by atoms with E-state index in [0.717, 1.165) is 11.3 Å². The predicted molar refractivity (Wildman–Crippen MR) is 88.3 cm³/mol. The van der Waals surface area contributed by atoms with Gasteiger partial charge in [0.1, 0.15) is 11.5 Å². The summed E-state index contributed by atoms with van der Waals surface area (Å²) in [7, 11) is 1.61. The Morgan fingerprint density at radius 2 is 2.00 bits per heavy atom. The number of para-hydroxylation sites is 2. The second-order valence-electron chi connectivity index (χ2n) is 4.53. The first-order valence-corrected chi connectivity index (χ1v) is 7.08. The third-order valence-corrected chi connectivity index (χ3v) is 2.97. The Bertz CT molecular complexity index is 665. The zero-order valence-corrected chi connectivity index (χ0v) is 12.7. The summed E-state index contributed by atoms with van der Waals surface area (Å²) in [6.07, 6.45) is 3.22. The Labute approximate surface area is 130 Å². The van der Waals surface area contributed by atoms with Crippen LogP contribution in [0.3, 0.4) is 0 Å². The maximum atomic E-state index is 12.0. The Balaban J connectivity index is 2.05. The lowest BCUT2D eigenvalue weighted by Gasteiger charge is -2.09. The average molecular weight is 297 g/mol. The van der Waals surface area contributed by atoms with Crippen LogP contribution in [0.5, 0.6) is 11.5 Å². The molecular formula is C18H19NO3. The minimum atomic E-state index is -0.213. The van der Waals surface area contributed by atoms with Crippen LogP contribution in [0.25, 0.3) is 6.08 Å². The van der Waals surface area contributed by atoms with Crippen molar-refractivity contribution in [2.24, 2.45) is 0 Å². The first kappa shape index (κ1) is 15.6. The SMILES string of the molecule is CCOc1ccccc1NC(=O)C=Cc1cccc(OC)c1. The number of amides is 1. The normalized spacial score (nSPS) is 10.5. The maximum Gasteiger partial charge on any atom is 0.248 e. The molecule has 114 valence electrons. The number of carbonyl (C=O) groups is 1. The van der Waals surface area contributed by atoms with Crippen molar-refractivity contribution in [3.8, 4) is 11.5 Å². The fraction of sp³-hybridized carbons (Fsp3) is 0.167. The topological polar surface area (TPSA) is 47.6 Å². The zero-order valence-electron chi connectivity index (χ0n) is 12.7. The van der Waals surface area contributed by atoms with Crippen LogP contribution in [0.2, 0.25) is 0 Å². The van der Waals surface area contributed by atoms with Gasteiger partial charge >= 0.3 is 0 Å². The number of rotatable bonds is 6. The van der Waals surface area contributed by atoms with Crippen LogP contribution < -0.4 is 14.8 Å². The second-order valence-corrected chi connectivity index (χ2v) is 4.53. The fourth-order valence-corrected chi connectivity index (χ4v) is 1.94. The van der Waals surface area contributed by atoms with Crippen molar-refractivity contribution in [3.63, 3.8) is 0 Å². The van der Waals surface area contributed by atoms with Crippen LogP contribution in [0.15, 0.2) is 54.6 Å². The van der Waals surface area contributed by atoms with Crippen molar-refractivity contribution >= 4 is 17.7 Å². The molecule has 2 aromatic carbocycles. The van der Waals surface area contributed by atoms with E-state index in [9.17, 15) is 4.79 Å². The van der Waals surface area contributed by atoms with Gasteiger partial charge in [0, 0.05) is 6.08 Å². The van der Waals surface area contributed by atoms with Crippen molar-refractivity contribution in [3.05, 3.63) is 60.2 Å². The minimum absolute atomic E-state index is 0.213. The van der Waals surface area contributed by atoms with E-state index in [1.54, 1.807) is 13.2 Å². The molecule has 0 atom stereocenters. The van der Waals surface area contributed by atoms with E-state index in [0.29, 0.717) is 18.0 Å². The van der Waals surface area contributed by atoms with Gasteiger partial charge in [0.05, 0.1) is 19.4 Å². The standard InChI is InChI=1S/C18H19NO3/c1-3-22-17-10-5-4-9-16(17)19-18(20)12-11-14-7-6-8-15(13-14)21-2/h4-13H,3H2,1-2H3,(H,19,20). The van der Waals surface area contributed by atoms with E-state index >= 15 is 0 Å². The molecule has 0 saturated carbocycles. The third kappa shape index (κ3) is 4.38. The van der Waals surface area contributed by atoms with Crippen LogP contribution in [0, 0.1) is 0 Å². The van der Waals surface area contributed by atoms with Crippen LogP contribution in [-0.2, 0) is 4.79 Å². The number of ether oxygens (including phenoxy) is 2. The quantitative estimate of drug-likeness (QED) is 0.826. The molecule has 0 heterocycles. The van der Waals surface area contributed by atoms with Gasteiger partial charge in [-0.15, -0.1) is 0 Å². The molecule has 0 saturated heterocycles. The highest BCUT2D eigenvalue weighted by molar-refractivity contribution is 6.02. The number of benzene rings is 2. The van der Waals surface area contributed by atoms with Gasteiger partial charge in [-0.3, -0.25) is 4.79 Å². The Morgan fingerprint density at radius 1 is 1.18 bits per heavy atom. The van der Waals surface area contributed by atoms with Crippen LogP contribution in [-0.4, -0.2) is 19.6 Å². The summed E-state index contributed by atoms with van der Waals surface area (Å²) < 4.78 is 10.6. The molecule has 0 unspecified atom stereocenters. The molecule has 0 spiro atoms. The maximum absolute atomic E-state index is 12.0. The number of methoxy groups -OCH3 is 1. The molecule has 1 N–H and O–H groups in total. The zero-order chi connectivity index (χ0) is 15.8. The largest absolute Gasteiger partial charge is 0.497 e. The highest BCUT2D eigenvalue weighted by atomic mass is 16.5.